The maximum Gasteiger partial charge on any atom is 0.314 e. The van der Waals surface area contributed by atoms with E-state index in [1.165, 1.54) is 0 Å². The van der Waals surface area contributed by atoms with Crippen LogP contribution in [0.1, 0.15) is 17.2 Å². The lowest BCUT2D eigenvalue weighted by molar-refractivity contribution is 0.122. The summed E-state index contributed by atoms with van der Waals surface area (Å²) in [6.45, 7) is 3.90. The predicted molar refractivity (Wildman–Crippen MR) is 113 cm³/mol. The Morgan fingerprint density at radius 2 is 1.79 bits per heavy atom. The second-order valence-corrected chi connectivity index (χ2v) is 6.94. The first-order valence-electron chi connectivity index (χ1n) is 9.91. The van der Waals surface area contributed by atoms with Crippen LogP contribution in [0.25, 0.3) is 0 Å². The number of ether oxygens (including phenoxy) is 2. The molecule has 1 unspecified atom stereocenters. The Morgan fingerprint density at radius 3 is 2.45 bits per heavy atom. The minimum absolute atomic E-state index is 0.158. The van der Waals surface area contributed by atoms with Crippen LogP contribution in [-0.4, -0.2) is 57.6 Å². The van der Waals surface area contributed by atoms with Crippen LogP contribution in [0.2, 0.25) is 0 Å². The lowest BCUT2D eigenvalue weighted by Crippen LogP contribution is -2.38. The van der Waals surface area contributed by atoms with Gasteiger partial charge in [-0.05, 0) is 41.8 Å². The van der Waals surface area contributed by atoms with Gasteiger partial charge >= 0.3 is 6.03 Å². The molecule has 1 aliphatic heterocycles. The number of carbonyl (C=O) groups excluding carboxylic acids is 1. The molecule has 7 heteroatoms. The molecule has 3 rings (SSSR count). The Hall–Kier alpha value is -2.77. The van der Waals surface area contributed by atoms with Crippen molar-refractivity contribution in [1.82, 2.24) is 10.6 Å². The molecule has 1 aliphatic rings. The van der Waals surface area contributed by atoms with Crippen molar-refractivity contribution in [2.75, 3.05) is 51.4 Å². The van der Waals surface area contributed by atoms with Crippen molar-refractivity contribution in [2.45, 2.75) is 12.5 Å². The molecular formula is C22H29N3O4. The molecule has 1 fully saturated rings. The predicted octanol–water partition coefficient (Wildman–Crippen LogP) is 2.11. The summed E-state index contributed by atoms with van der Waals surface area (Å²) in [7, 11) is 1.63. The molecule has 0 spiro atoms. The molecular weight excluding hydrogens is 370 g/mol. The van der Waals surface area contributed by atoms with E-state index in [4.69, 9.17) is 9.47 Å². The van der Waals surface area contributed by atoms with Crippen LogP contribution < -0.4 is 20.3 Å². The number of urea groups is 1. The molecule has 0 aromatic heterocycles. The van der Waals surface area contributed by atoms with Crippen LogP contribution >= 0.6 is 0 Å². The summed E-state index contributed by atoms with van der Waals surface area (Å²) in [5.41, 5.74) is 3.01. The van der Waals surface area contributed by atoms with Crippen molar-refractivity contribution in [2.24, 2.45) is 0 Å². The second-order valence-electron chi connectivity index (χ2n) is 6.94. The summed E-state index contributed by atoms with van der Waals surface area (Å²) in [5.74, 6) is 0.811. The highest BCUT2D eigenvalue weighted by Gasteiger charge is 2.13. The monoisotopic (exact) mass is 399 g/mol. The van der Waals surface area contributed by atoms with Gasteiger partial charge < -0.3 is 30.1 Å². The molecule has 0 bridgehead atoms. The number of aliphatic hydroxyl groups is 1. The van der Waals surface area contributed by atoms with Gasteiger partial charge in [0.2, 0.25) is 0 Å². The minimum Gasteiger partial charge on any atom is -0.497 e. The first kappa shape index (κ1) is 21.0. The maximum absolute atomic E-state index is 12.0. The smallest absolute Gasteiger partial charge is 0.314 e. The molecule has 2 amide bonds. The Balaban J connectivity index is 1.37. The minimum atomic E-state index is -0.749. The Morgan fingerprint density at radius 1 is 1.10 bits per heavy atom. The average Bonchev–Trinajstić information content (AvgIpc) is 2.78. The SMILES string of the molecule is COc1ccc(CCNC(=O)NCC(O)c2ccc(N3CCOCC3)cc2)cc1. The number of nitrogens with zero attached hydrogens (tertiary/aromatic N) is 1. The third kappa shape index (κ3) is 6.37. The average molecular weight is 399 g/mol. The van der Waals surface area contributed by atoms with Crippen LogP contribution in [0.4, 0.5) is 10.5 Å². The van der Waals surface area contributed by atoms with Gasteiger partial charge in [0, 0.05) is 31.9 Å². The molecule has 3 N–H and O–H groups in total. The van der Waals surface area contributed by atoms with Crippen molar-refractivity contribution >= 4 is 11.7 Å². The molecule has 1 saturated heterocycles. The van der Waals surface area contributed by atoms with Crippen molar-refractivity contribution in [1.29, 1.82) is 0 Å². The zero-order valence-corrected chi connectivity index (χ0v) is 16.8. The second kappa shape index (κ2) is 10.7. The van der Waals surface area contributed by atoms with Crippen molar-refractivity contribution in [3.63, 3.8) is 0 Å². The van der Waals surface area contributed by atoms with E-state index < -0.39 is 6.10 Å². The number of anilines is 1. The summed E-state index contributed by atoms with van der Waals surface area (Å²) in [5, 5.41) is 15.9. The van der Waals surface area contributed by atoms with Crippen LogP contribution in [0.15, 0.2) is 48.5 Å². The van der Waals surface area contributed by atoms with Gasteiger partial charge in [-0.3, -0.25) is 0 Å². The van der Waals surface area contributed by atoms with Gasteiger partial charge in [-0.25, -0.2) is 4.79 Å². The van der Waals surface area contributed by atoms with Crippen LogP contribution in [0.5, 0.6) is 5.75 Å². The third-order valence-electron chi connectivity index (χ3n) is 4.97. The number of amides is 2. The van der Waals surface area contributed by atoms with Gasteiger partial charge in [-0.2, -0.15) is 0 Å². The normalized spacial score (nSPS) is 14.9. The topological polar surface area (TPSA) is 83.1 Å². The van der Waals surface area contributed by atoms with E-state index in [1.54, 1.807) is 7.11 Å². The Labute approximate surface area is 171 Å². The highest BCUT2D eigenvalue weighted by atomic mass is 16.5. The molecule has 29 heavy (non-hydrogen) atoms. The maximum atomic E-state index is 12.0. The van der Waals surface area contributed by atoms with E-state index >= 15 is 0 Å². The molecule has 2 aromatic carbocycles. The number of hydrogen-bond donors (Lipinski definition) is 3. The standard InChI is InChI=1S/C22H29N3O4/c1-28-20-8-2-17(3-9-20)10-11-23-22(27)24-16-21(26)18-4-6-19(7-5-18)25-12-14-29-15-13-25/h2-9,21,26H,10-16H2,1H3,(H2,23,24,27). The van der Waals surface area contributed by atoms with Crippen molar-refractivity contribution in [3.8, 4) is 5.75 Å². The van der Waals surface area contributed by atoms with E-state index in [-0.39, 0.29) is 12.6 Å². The van der Waals surface area contributed by atoms with Gasteiger partial charge in [0.25, 0.3) is 0 Å². The fourth-order valence-corrected chi connectivity index (χ4v) is 3.21. The number of morpholine rings is 1. The largest absolute Gasteiger partial charge is 0.497 e. The summed E-state index contributed by atoms with van der Waals surface area (Å²) < 4.78 is 10.5. The fourth-order valence-electron chi connectivity index (χ4n) is 3.21. The van der Waals surface area contributed by atoms with Gasteiger partial charge in [-0.1, -0.05) is 24.3 Å². The number of hydrogen-bond acceptors (Lipinski definition) is 5. The number of aliphatic hydroxyl groups excluding tert-OH is 1. The van der Waals surface area contributed by atoms with E-state index in [0.29, 0.717) is 6.54 Å². The molecule has 7 nitrogen and oxygen atoms in total. The summed E-state index contributed by atoms with van der Waals surface area (Å²) >= 11 is 0. The Kier molecular flexibility index (Phi) is 7.72. The third-order valence-corrected chi connectivity index (χ3v) is 4.97. The lowest BCUT2D eigenvalue weighted by atomic mass is 10.1. The first-order valence-corrected chi connectivity index (χ1v) is 9.91. The van der Waals surface area contributed by atoms with Crippen LogP contribution in [0.3, 0.4) is 0 Å². The number of carbonyl (C=O) groups is 1. The lowest BCUT2D eigenvalue weighted by Gasteiger charge is -2.29. The number of nitrogens with one attached hydrogen (secondary N) is 2. The highest BCUT2D eigenvalue weighted by molar-refractivity contribution is 5.73. The van der Waals surface area contributed by atoms with Crippen molar-refractivity contribution < 1.29 is 19.4 Å². The van der Waals surface area contributed by atoms with Crippen molar-refractivity contribution in [3.05, 3.63) is 59.7 Å². The van der Waals surface area contributed by atoms with Gasteiger partial charge in [0.05, 0.1) is 26.4 Å². The highest BCUT2D eigenvalue weighted by Crippen LogP contribution is 2.20. The number of rotatable bonds is 8. The first-order chi connectivity index (χ1) is 14.2. The quantitative estimate of drug-likeness (QED) is 0.633. The van der Waals surface area contributed by atoms with E-state index in [1.807, 2.05) is 48.5 Å². The van der Waals surface area contributed by atoms with Gasteiger partial charge in [0.1, 0.15) is 5.75 Å². The summed E-state index contributed by atoms with van der Waals surface area (Å²) in [6.07, 6.45) is -0.0238. The van der Waals surface area contributed by atoms with E-state index in [0.717, 1.165) is 55.3 Å². The van der Waals surface area contributed by atoms with Crippen LogP contribution in [-0.2, 0) is 11.2 Å². The van der Waals surface area contributed by atoms with E-state index in [2.05, 4.69) is 15.5 Å². The summed E-state index contributed by atoms with van der Waals surface area (Å²) in [4.78, 5) is 14.2. The molecule has 0 radical (unpaired) electrons. The molecule has 1 atom stereocenters. The number of benzene rings is 2. The molecule has 156 valence electrons. The molecule has 0 saturated carbocycles. The van der Waals surface area contributed by atoms with Gasteiger partial charge in [-0.15, -0.1) is 0 Å². The molecule has 1 heterocycles. The fraction of sp³-hybridized carbons (Fsp3) is 0.409. The molecule has 0 aliphatic carbocycles. The number of methoxy groups -OCH3 is 1. The van der Waals surface area contributed by atoms with E-state index in [9.17, 15) is 9.90 Å². The zero-order chi connectivity index (χ0) is 20.5. The Bertz CT molecular complexity index is 759. The van der Waals surface area contributed by atoms with Crippen LogP contribution in [0, 0.1) is 0 Å². The van der Waals surface area contributed by atoms with Gasteiger partial charge in [0.15, 0.2) is 0 Å². The molecule has 2 aromatic rings. The summed E-state index contributed by atoms with van der Waals surface area (Å²) in [6, 6.07) is 15.3. The zero-order valence-electron chi connectivity index (χ0n) is 16.8.